The Kier molecular flexibility index (Phi) is 9.18. The molecule has 12 heteroatoms. The van der Waals surface area contributed by atoms with Gasteiger partial charge >= 0.3 is 11.7 Å². The number of aromatic amines is 1. The number of aromatic nitrogens is 8. The molecule has 0 fully saturated rings. The highest BCUT2D eigenvalue weighted by molar-refractivity contribution is 5.80. The van der Waals surface area contributed by atoms with E-state index in [1.807, 2.05) is 90.4 Å². The minimum Gasteiger partial charge on any atom is -0.468 e. The van der Waals surface area contributed by atoms with E-state index in [4.69, 9.17) is 9.72 Å². The number of aryl methyl sites for hydroxylation is 1. The smallest absolute Gasteiger partial charge is 0.333 e. The lowest BCUT2D eigenvalue weighted by molar-refractivity contribution is -0.141. The number of nitrogens with one attached hydrogen (secondary N) is 1. The van der Waals surface area contributed by atoms with Crippen molar-refractivity contribution in [2.75, 3.05) is 7.11 Å². The summed E-state index contributed by atoms with van der Waals surface area (Å²) in [4.78, 5) is 45.4. The second-order valence-corrected chi connectivity index (χ2v) is 11.4. The zero-order chi connectivity index (χ0) is 32.9. The molecule has 12 nitrogen and oxygen atoms in total. The Balaban J connectivity index is 1.49. The van der Waals surface area contributed by atoms with Crippen molar-refractivity contribution >= 4 is 17.1 Å². The molecule has 0 aliphatic rings. The maximum absolute atomic E-state index is 14.1. The van der Waals surface area contributed by atoms with Gasteiger partial charge in [0.25, 0.3) is 5.56 Å². The Morgan fingerprint density at radius 2 is 1.64 bits per heavy atom. The number of carbonyl (C=O) groups is 1. The molecule has 6 aromatic rings. The minimum absolute atomic E-state index is 0.273. The van der Waals surface area contributed by atoms with Crippen molar-refractivity contribution < 1.29 is 9.53 Å². The van der Waals surface area contributed by atoms with Crippen LogP contribution in [0.1, 0.15) is 56.1 Å². The molecule has 0 saturated carbocycles. The monoisotopic (exact) mass is 632 g/mol. The molecule has 47 heavy (non-hydrogen) atoms. The number of hydrogen-bond donors (Lipinski definition) is 1. The first-order valence-corrected chi connectivity index (χ1v) is 15.7. The van der Waals surface area contributed by atoms with E-state index in [9.17, 15) is 14.4 Å². The van der Waals surface area contributed by atoms with Crippen LogP contribution in [-0.4, -0.2) is 52.4 Å². The Bertz CT molecular complexity index is 2110. The first-order chi connectivity index (χ1) is 22.9. The molecule has 0 aliphatic heterocycles. The van der Waals surface area contributed by atoms with E-state index in [2.05, 4.69) is 27.5 Å². The van der Waals surface area contributed by atoms with E-state index in [1.165, 1.54) is 11.7 Å². The summed E-state index contributed by atoms with van der Waals surface area (Å²) in [6, 6.07) is 25.1. The van der Waals surface area contributed by atoms with Crippen LogP contribution in [0.25, 0.3) is 33.7 Å². The molecule has 0 saturated heterocycles. The lowest BCUT2D eigenvalue weighted by Gasteiger charge is -2.18. The van der Waals surface area contributed by atoms with Gasteiger partial charge in [-0.2, -0.15) is 0 Å². The Morgan fingerprint density at radius 3 is 2.32 bits per heavy atom. The van der Waals surface area contributed by atoms with Gasteiger partial charge in [-0.05, 0) is 46.0 Å². The number of nitrogens with zero attached hydrogens (tertiary/aromatic N) is 7. The molecular weight excluding hydrogens is 596 g/mol. The SMILES string of the molecule is CCCCCc1nc2c(c(=O)n(CC(=O)OC)c(=O)n2C(C)c2ccccc2)n1Cc1ccc(-c2ccccc2-c2nnn[nH]2)cc1. The highest BCUT2D eigenvalue weighted by Crippen LogP contribution is 2.30. The second-order valence-electron chi connectivity index (χ2n) is 11.4. The average Bonchev–Trinajstić information content (AvgIpc) is 3.76. The predicted octanol–water partition coefficient (Wildman–Crippen LogP) is 4.77. The summed E-state index contributed by atoms with van der Waals surface area (Å²) in [5, 5.41) is 14.4. The van der Waals surface area contributed by atoms with E-state index >= 15 is 0 Å². The van der Waals surface area contributed by atoms with Gasteiger partial charge in [0.05, 0.1) is 13.2 Å². The van der Waals surface area contributed by atoms with Crippen molar-refractivity contribution in [2.45, 2.75) is 58.7 Å². The second kappa shape index (κ2) is 13.8. The molecule has 0 aliphatic carbocycles. The molecule has 240 valence electrons. The van der Waals surface area contributed by atoms with Crippen molar-refractivity contribution in [2.24, 2.45) is 0 Å². The third-order valence-corrected chi connectivity index (χ3v) is 8.46. The van der Waals surface area contributed by atoms with Gasteiger partial charge in [-0.1, -0.05) is 98.6 Å². The van der Waals surface area contributed by atoms with E-state index in [0.717, 1.165) is 51.6 Å². The predicted molar refractivity (Wildman–Crippen MR) is 178 cm³/mol. The summed E-state index contributed by atoms with van der Waals surface area (Å²) >= 11 is 0. The third kappa shape index (κ3) is 6.26. The van der Waals surface area contributed by atoms with Gasteiger partial charge in [0, 0.05) is 18.5 Å². The zero-order valence-corrected chi connectivity index (χ0v) is 26.6. The van der Waals surface area contributed by atoms with Crippen LogP contribution in [0.15, 0.2) is 88.5 Å². The third-order valence-electron chi connectivity index (χ3n) is 8.46. The number of benzene rings is 3. The number of carbonyl (C=O) groups excluding carboxylic acids is 1. The summed E-state index contributed by atoms with van der Waals surface area (Å²) in [5.41, 5.74) is 4.02. The van der Waals surface area contributed by atoms with Gasteiger partial charge < -0.3 is 9.30 Å². The number of ether oxygens (including phenoxy) is 1. The summed E-state index contributed by atoms with van der Waals surface area (Å²) in [7, 11) is 1.23. The summed E-state index contributed by atoms with van der Waals surface area (Å²) in [5.74, 6) is 0.598. The Labute approximate surface area is 270 Å². The molecule has 1 N–H and O–H groups in total. The Hall–Kier alpha value is -5.65. The highest BCUT2D eigenvalue weighted by atomic mass is 16.5. The van der Waals surface area contributed by atoms with Crippen LogP contribution in [0.3, 0.4) is 0 Å². The fourth-order valence-corrected chi connectivity index (χ4v) is 5.94. The molecular formula is C35H36N8O4. The first kappa shape index (κ1) is 31.3. The summed E-state index contributed by atoms with van der Waals surface area (Å²) < 4.78 is 9.24. The molecule has 0 spiro atoms. The van der Waals surface area contributed by atoms with E-state index in [1.54, 1.807) is 0 Å². The van der Waals surface area contributed by atoms with Gasteiger partial charge in [0.15, 0.2) is 17.0 Å². The van der Waals surface area contributed by atoms with Crippen LogP contribution >= 0.6 is 0 Å². The van der Waals surface area contributed by atoms with Crippen LogP contribution in [0.2, 0.25) is 0 Å². The number of fused-ring (bicyclic) bond motifs is 1. The number of imidazole rings is 1. The van der Waals surface area contributed by atoms with Crippen molar-refractivity contribution in [3.05, 3.63) is 117 Å². The van der Waals surface area contributed by atoms with Gasteiger partial charge in [-0.25, -0.2) is 19.4 Å². The van der Waals surface area contributed by atoms with Gasteiger partial charge in [0.1, 0.15) is 12.4 Å². The normalized spacial score (nSPS) is 12.0. The molecule has 1 unspecified atom stereocenters. The maximum Gasteiger partial charge on any atom is 0.333 e. The van der Waals surface area contributed by atoms with Crippen LogP contribution in [0.4, 0.5) is 0 Å². The fraction of sp³-hybridized carbons (Fsp3) is 0.286. The number of tetrazole rings is 1. The standard InChI is InChI=1S/C35H36N8O4/c1-4-5-7-16-29-36-33-31(34(45)42(22-30(44)47-3)35(46)43(33)23(2)25-12-8-6-9-13-25)41(29)21-24-17-19-26(20-18-24)27-14-10-11-15-28(27)32-37-39-40-38-32/h6,8-15,17-20,23H,4-5,7,16,21-22H2,1-3H3,(H,37,38,39,40). The number of esters is 1. The molecule has 0 bridgehead atoms. The van der Waals surface area contributed by atoms with Crippen LogP contribution < -0.4 is 11.2 Å². The van der Waals surface area contributed by atoms with Crippen molar-refractivity contribution in [3.63, 3.8) is 0 Å². The van der Waals surface area contributed by atoms with Crippen molar-refractivity contribution in [1.29, 1.82) is 0 Å². The van der Waals surface area contributed by atoms with Crippen LogP contribution in [-0.2, 0) is 29.0 Å². The number of unbranched alkanes of at least 4 members (excludes halogenated alkanes) is 2. The number of methoxy groups -OCH3 is 1. The lowest BCUT2D eigenvalue weighted by atomic mass is 9.98. The molecule has 1 atom stereocenters. The summed E-state index contributed by atoms with van der Waals surface area (Å²) in [6.45, 7) is 3.87. The molecule has 0 radical (unpaired) electrons. The minimum atomic E-state index is -0.686. The maximum atomic E-state index is 14.1. The topological polar surface area (TPSA) is 143 Å². The van der Waals surface area contributed by atoms with E-state index < -0.39 is 29.8 Å². The average molecular weight is 633 g/mol. The van der Waals surface area contributed by atoms with Crippen LogP contribution in [0, 0.1) is 0 Å². The molecule has 3 aromatic heterocycles. The quantitative estimate of drug-likeness (QED) is 0.150. The largest absolute Gasteiger partial charge is 0.468 e. The van der Waals surface area contributed by atoms with Crippen LogP contribution in [0.5, 0.6) is 0 Å². The fourth-order valence-electron chi connectivity index (χ4n) is 5.94. The van der Waals surface area contributed by atoms with E-state index in [0.29, 0.717) is 30.3 Å². The lowest BCUT2D eigenvalue weighted by Crippen LogP contribution is -2.43. The molecule has 3 heterocycles. The van der Waals surface area contributed by atoms with E-state index in [-0.39, 0.29) is 5.52 Å². The number of rotatable bonds is 12. The summed E-state index contributed by atoms with van der Waals surface area (Å²) in [6.07, 6.45) is 3.53. The number of H-pyrrole nitrogens is 1. The highest BCUT2D eigenvalue weighted by Gasteiger charge is 2.26. The van der Waals surface area contributed by atoms with Crippen molar-refractivity contribution in [3.8, 4) is 22.5 Å². The van der Waals surface area contributed by atoms with Gasteiger partial charge in [-0.3, -0.25) is 14.2 Å². The van der Waals surface area contributed by atoms with Gasteiger partial charge in [-0.15, -0.1) is 5.10 Å². The first-order valence-electron chi connectivity index (χ1n) is 15.7. The molecule has 6 rings (SSSR count). The Morgan fingerprint density at radius 1 is 0.915 bits per heavy atom. The molecule has 0 amide bonds. The van der Waals surface area contributed by atoms with Crippen molar-refractivity contribution in [1.82, 2.24) is 39.3 Å². The zero-order valence-electron chi connectivity index (χ0n) is 26.6. The number of hydrogen-bond acceptors (Lipinski definition) is 8. The molecule has 3 aromatic carbocycles. The van der Waals surface area contributed by atoms with Gasteiger partial charge in [0.2, 0.25) is 0 Å².